The maximum atomic E-state index is 9.14. The molecule has 1 heterocycles. The maximum Gasteiger partial charge on any atom is 0.143 e. The van der Waals surface area contributed by atoms with Gasteiger partial charge in [-0.15, -0.1) is 0 Å². The number of hydrogen-bond acceptors (Lipinski definition) is 3. The van der Waals surface area contributed by atoms with Gasteiger partial charge < -0.3 is 9.84 Å². The fraction of sp³-hybridized carbons (Fsp3) is 0.583. The Morgan fingerprint density at radius 2 is 2.27 bits per heavy atom. The molecule has 0 spiro atoms. The van der Waals surface area contributed by atoms with E-state index < -0.39 is 0 Å². The number of aliphatic hydroxyl groups excluding tert-OH is 1. The lowest BCUT2D eigenvalue weighted by molar-refractivity contribution is 0.174. The Morgan fingerprint density at radius 1 is 1.47 bits per heavy atom. The summed E-state index contributed by atoms with van der Waals surface area (Å²) >= 11 is 0. The van der Waals surface area contributed by atoms with Gasteiger partial charge in [0.15, 0.2) is 0 Å². The summed E-state index contributed by atoms with van der Waals surface area (Å²) < 4.78 is 5.66. The zero-order valence-corrected chi connectivity index (χ0v) is 9.07. The van der Waals surface area contributed by atoms with Crippen LogP contribution in [0, 0.1) is 12.8 Å². The molecule has 0 aromatic carbocycles. The smallest absolute Gasteiger partial charge is 0.143 e. The lowest BCUT2D eigenvalue weighted by Crippen LogP contribution is -2.19. The van der Waals surface area contributed by atoms with Crippen LogP contribution < -0.4 is 4.74 Å². The standard InChI is InChI=1S/C12H17NO2/c1-9-5-6-12(11(7-14)13-9)15-8-10-3-2-4-10/h5-6,10,14H,2-4,7-8H2,1H3. The number of rotatable bonds is 4. The van der Waals surface area contributed by atoms with E-state index in [1.807, 2.05) is 19.1 Å². The van der Waals surface area contributed by atoms with E-state index in [1.54, 1.807) is 0 Å². The lowest BCUT2D eigenvalue weighted by atomic mass is 9.86. The van der Waals surface area contributed by atoms with Crippen LogP contribution in [-0.4, -0.2) is 16.7 Å². The molecule has 0 atom stereocenters. The first-order chi connectivity index (χ1) is 7.29. The van der Waals surface area contributed by atoms with Crippen LogP contribution in [0.5, 0.6) is 5.75 Å². The average Bonchev–Trinajstić information content (AvgIpc) is 2.17. The van der Waals surface area contributed by atoms with Crippen molar-refractivity contribution in [2.45, 2.75) is 32.8 Å². The topological polar surface area (TPSA) is 42.4 Å². The number of nitrogens with zero attached hydrogens (tertiary/aromatic N) is 1. The monoisotopic (exact) mass is 207 g/mol. The van der Waals surface area contributed by atoms with Crippen molar-refractivity contribution in [1.29, 1.82) is 0 Å². The highest BCUT2D eigenvalue weighted by Crippen LogP contribution is 2.27. The number of aliphatic hydroxyl groups is 1. The number of hydrogen-bond donors (Lipinski definition) is 1. The van der Waals surface area contributed by atoms with Crippen molar-refractivity contribution in [3.8, 4) is 5.75 Å². The molecule has 0 radical (unpaired) electrons. The molecule has 1 aliphatic rings. The van der Waals surface area contributed by atoms with E-state index in [9.17, 15) is 0 Å². The van der Waals surface area contributed by atoms with E-state index in [1.165, 1.54) is 19.3 Å². The van der Waals surface area contributed by atoms with E-state index in [0.717, 1.165) is 18.1 Å². The second-order valence-corrected chi connectivity index (χ2v) is 4.16. The van der Waals surface area contributed by atoms with Crippen molar-refractivity contribution in [1.82, 2.24) is 4.98 Å². The molecule has 3 nitrogen and oxygen atoms in total. The molecule has 1 aromatic rings. The van der Waals surface area contributed by atoms with Crippen molar-refractivity contribution in [3.63, 3.8) is 0 Å². The van der Waals surface area contributed by atoms with Crippen LogP contribution in [0.4, 0.5) is 0 Å². The molecule has 82 valence electrons. The highest BCUT2D eigenvalue weighted by atomic mass is 16.5. The predicted octanol–water partition coefficient (Wildman–Crippen LogP) is 2.06. The van der Waals surface area contributed by atoms with E-state index in [-0.39, 0.29) is 6.61 Å². The van der Waals surface area contributed by atoms with Crippen molar-refractivity contribution >= 4 is 0 Å². The predicted molar refractivity (Wildman–Crippen MR) is 57.7 cm³/mol. The zero-order chi connectivity index (χ0) is 10.7. The molecule has 0 bridgehead atoms. The summed E-state index contributed by atoms with van der Waals surface area (Å²) in [5, 5.41) is 9.14. The summed E-state index contributed by atoms with van der Waals surface area (Å²) in [6.07, 6.45) is 3.87. The lowest BCUT2D eigenvalue weighted by Gasteiger charge is -2.25. The number of aromatic nitrogens is 1. The SMILES string of the molecule is Cc1ccc(OCC2CCC2)c(CO)n1. The Kier molecular flexibility index (Phi) is 3.21. The molecule has 15 heavy (non-hydrogen) atoms. The number of ether oxygens (including phenoxy) is 1. The minimum absolute atomic E-state index is 0.0539. The molecule has 0 unspecified atom stereocenters. The summed E-state index contributed by atoms with van der Waals surface area (Å²) in [6, 6.07) is 3.81. The molecule has 2 rings (SSSR count). The van der Waals surface area contributed by atoms with Gasteiger partial charge in [0.1, 0.15) is 11.4 Å². The molecular weight excluding hydrogens is 190 g/mol. The summed E-state index contributed by atoms with van der Waals surface area (Å²) in [7, 11) is 0. The van der Waals surface area contributed by atoms with Gasteiger partial charge in [-0.3, -0.25) is 4.98 Å². The Labute approximate surface area is 90.1 Å². The van der Waals surface area contributed by atoms with E-state index >= 15 is 0 Å². The Morgan fingerprint density at radius 3 is 2.87 bits per heavy atom. The van der Waals surface area contributed by atoms with Gasteiger partial charge in [0.05, 0.1) is 13.2 Å². The quantitative estimate of drug-likeness (QED) is 0.821. The molecule has 0 amide bonds. The Balaban J connectivity index is 1.99. The molecule has 3 heteroatoms. The van der Waals surface area contributed by atoms with Crippen molar-refractivity contribution in [2.24, 2.45) is 5.92 Å². The van der Waals surface area contributed by atoms with Gasteiger partial charge in [0.2, 0.25) is 0 Å². The van der Waals surface area contributed by atoms with Crippen molar-refractivity contribution in [3.05, 3.63) is 23.5 Å². The maximum absolute atomic E-state index is 9.14. The Bertz CT molecular complexity index is 334. The first-order valence-corrected chi connectivity index (χ1v) is 5.50. The van der Waals surface area contributed by atoms with Gasteiger partial charge in [-0.05, 0) is 37.8 Å². The minimum Gasteiger partial charge on any atom is -0.491 e. The van der Waals surface area contributed by atoms with Crippen LogP contribution in [0.3, 0.4) is 0 Å². The molecule has 1 aromatic heterocycles. The average molecular weight is 207 g/mol. The van der Waals surface area contributed by atoms with E-state index in [0.29, 0.717) is 11.6 Å². The van der Waals surface area contributed by atoms with Gasteiger partial charge in [-0.25, -0.2) is 0 Å². The van der Waals surface area contributed by atoms with Gasteiger partial charge >= 0.3 is 0 Å². The molecule has 1 fully saturated rings. The molecular formula is C12H17NO2. The molecule has 0 aliphatic heterocycles. The minimum atomic E-state index is -0.0539. The highest BCUT2D eigenvalue weighted by Gasteiger charge is 2.18. The second kappa shape index (κ2) is 4.62. The van der Waals surface area contributed by atoms with Crippen LogP contribution in [0.15, 0.2) is 12.1 Å². The normalized spacial score (nSPS) is 16.1. The number of aryl methyl sites for hydroxylation is 1. The fourth-order valence-electron chi connectivity index (χ4n) is 1.71. The molecule has 1 saturated carbocycles. The largest absolute Gasteiger partial charge is 0.491 e. The van der Waals surface area contributed by atoms with Crippen LogP contribution >= 0.6 is 0 Å². The van der Waals surface area contributed by atoms with Crippen LogP contribution in [-0.2, 0) is 6.61 Å². The summed E-state index contributed by atoms with van der Waals surface area (Å²) in [6.45, 7) is 2.62. The van der Waals surface area contributed by atoms with Gasteiger partial charge in [0.25, 0.3) is 0 Å². The van der Waals surface area contributed by atoms with Gasteiger partial charge in [0, 0.05) is 5.69 Å². The number of pyridine rings is 1. The van der Waals surface area contributed by atoms with Crippen LogP contribution in [0.2, 0.25) is 0 Å². The van der Waals surface area contributed by atoms with Gasteiger partial charge in [-0.2, -0.15) is 0 Å². The van der Waals surface area contributed by atoms with Crippen LogP contribution in [0.1, 0.15) is 30.7 Å². The first kappa shape index (κ1) is 10.4. The third-order valence-electron chi connectivity index (χ3n) is 2.92. The second-order valence-electron chi connectivity index (χ2n) is 4.16. The van der Waals surface area contributed by atoms with Gasteiger partial charge in [-0.1, -0.05) is 6.42 Å². The third kappa shape index (κ3) is 2.48. The third-order valence-corrected chi connectivity index (χ3v) is 2.92. The van der Waals surface area contributed by atoms with Crippen LogP contribution in [0.25, 0.3) is 0 Å². The van der Waals surface area contributed by atoms with Crippen molar-refractivity contribution < 1.29 is 9.84 Å². The highest BCUT2D eigenvalue weighted by molar-refractivity contribution is 5.28. The molecule has 0 saturated heterocycles. The fourth-order valence-corrected chi connectivity index (χ4v) is 1.71. The summed E-state index contributed by atoms with van der Waals surface area (Å²) in [4.78, 5) is 4.24. The molecule has 1 N–H and O–H groups in total. The first-order valence-electron chi connectivity index (χ1n) is 5.50. The van der Waals surface area contributed by atoms with E-state index in [4.69, 9.17) is 9.84 Å². The zero-order valence-electron chi connectivity index (χ0n) is 9.07. The summed E-state index contributed by atoms with van der Waals surface area (Å²) in [5.41, 5.74) is 1.56. The molecule has 1 aliphatic carbocycles. The summed E-state index contributed by atoms with van der Waals surface area (Å²) in [5.74, 6) is 1.44. The van der Waals surface area contributed by atoms with E-state index in [2.05, 4.69) is 4.98 Å². The Hall–Kier alpha value is -1.09. The van der Waals surface area contributed by atoms with Crippen molar-refractivity contribution in [2.75, 3.05) is 6.61 Å².